The van der Waals surface area contributed by atoms with Gasteiger partial charge in [0.25, 0.3) is 5.91 Å². The molecule has 2 aromatic carbocycles. The second kappa shape index (κ2) is 15.2. The minimum Gasteiger partial charge on any atom is -0.494 e. The maximum Gasteiger partial charge on any atom is 0.300 e. The molecule has 0 aliphatic carbocycles. The third kappa shape index (κ3) is 8.29. The van der Waals surface area contributed by atoms with Crippen molar-refractivity contribution < 1.29 is 19.2 Å². The Bertz CT molecular complexity index is 1660. The zero-order valence-electron chi connectivity index (χ0n) is 26.3. The number of nitrogens with zero attached hydrogens (tertiary/aromatic N) is 4. The average Bonchev–Trinajstić information content (AvgIpc) is 3.06. The number of methoxy groups -OCH3 is 1. The van der Waals surface area contributed by atoms with Gasteiger partial charge in [-0.15, -0.1) is 0 Å². The lowest BCUT2D eigenvalue weighted by Crippen LogP contribution is -2.52. The fourth-order valence-corrected chi connectivity index (χ4v) is 7.10. The first kappa shape index (κ1) is 33.5. The smallest absolute Gasteiger partial charge is 0.300 e. The van der Waals surface area contributed by atoms with Gasteiger partial charge in [-0.2, -0.15) is 4.98 Å². The summed E-state index contributed by atoms with van der Waals surface area (Å²) in [4.78, 5) is 26.5. The third-order valence-electron chi connectivity index (χ3n) is 8.05. The summed E-state index contributed by atoms with van der Waals surface area (Å²) in [5.41, 5.74) is 2.48. The number of hydrogen-bond acceptors (Lipinski definition) is 11. The highest BCUT2D eigenvalue weighted by molar-refractivity contribution is 7.70. The molecule has 46 heavy (non-hydrogen) atoms. The van der Waals surface area contributed by atoms with Gasteiger partial charge in [0.05, 0.1) is 36.1 Å². The number of halogens is 1. The minimum atomic E-state index is -2.59. The lowest BCUT2D eigenvalue weighted by molar-refractivity contribution is -0.111. The highest BCUT2D eigenvalue weighted by Crippen LogP contribution is 2.41. The number of benzene rings is 2. The summed E-state index contributed by atoms with van der Waals surface area (Å²) in [6, 6.07) is 11.5. The van der Waals surface area contributed by atoms with Crippen molar-refractivity contribution in [1.29, 1.82) is 0 Å². The van der Waals surface area contributed by atoms with Crippen molar-refractivity contribution in [3.8, 4) is 17.6 Å². The molecule has 2 saturated heterocycles. The number of carbonyl (C=O) groups is 1. The second-order valence-electron chi connectivity index (χ2n) is 11.5. The van der Waals surface area contributed by atoms with Crippen LogP contribution in [0.2, 0.25) is 5.02 Å². The molecule has 244 valence electrons. The van der Waals surface area contributed by atoms with Crippen molar-refractivity contribution >= 4 is 64.5 Å². The first-order chi connectivity index (χ1) is 22.2. The monoisotopic (exact) mass is 666 g/mol. The van der Waals surface area contributed by atoms with Crippen molar-refractivity contribution in [1.82, 2.24) is 20.2 Å². The van der Waals surface area contributed by atoms with Crippen LogP contribution in [-0.2, 0) is 9.36 Å². The molecular weight excluding hydrogens is 627 g/mol. The van der Waals surface area contributed by atoms with Gasteiger partial charge in [-0.1, -0.05) is 29.7 Å². The van der Waals surface area contributed by atoms with Crippen LogP contribution in [0.25, 0.3) is 0 Å². The molecule has 3 aromatic rings. The largest absolute Gasteiger partial charge is 0.494 e. The van der Waals surface area contributed by atoms with Crippen LogP contribution >= 0.6 is 18.7 Å². The molecular formula is C32H40ClN8O4P. The zero-order valence-corrected chi connectivity index (χ0v) is 27.9. The number of aromatic nitrogens is 2. The molecule has 1 amide bonds. The van der Waals surface area contributed by atoms with E-state index in [-0.39, 0.29) is 11.0 Å². The van der Waals surface area contributed by atoms with E-state index in [1.165, 1.54) is 6.20 Å². The number of hydrogen-bond donors (Lipinski definition) is 5. The van der Waals surface area contributed by atoms with E-state index in [9.17, 15) is 9.36 Å². The van der Waals surface area contributed by atoms with E-state index in [1.54, 1.807) is 26.5 Å². The summed E-state index contributed by atoms with van der Waals surface area (Å²) in [6.07, 6.45) is 3.47. The normalized spacial score (nSPS) is 15.9. The number of aliphatic hydroxyl groups excluding tert-OH is 1. The molecule has 12 nitrogen and oxygen atoms in total. The Balaban J connectivity index is 1.42. The van der Waals surface area contributed by atoms with E-state index in [2.05, 4.69) is 52.9 Å². The summed E-state index contributed by atoms with van der Waals surface area (Å²) in [5, 5.41) is 22.8. The molecule has 0 unspecified atom stereocenters. The summed E-state index contributed by atoms with van der Waals surface area (Å²) in [5.74, 6) is 5.35. The van der Waals surface area contributed by atoms with Crippen LogP contribution in [0.4, 0.5) is 34.5 Å². The number of rotatable bonds is 9. The maximum absolute atomic E-state index is 12.9. The van der Waals surface area contributed by atoms with Gasteiger partial charge in [0.1, 0.15) is 24.5 Å². The molecule has 14 heteroatoms. The van der Waals surface area contributed by atoms with Gasteiger partial charge in [0.2, 0.25) is 5.95 Å². The molecule has 0 atom stereocenters. The predicted octanol–water partition coefficient (Wildman–Crippen LogP) is 3.68. The third-order valence-corrected chi connectivity index (χ3v) is 9.87. The van der Waals surface area contributed by atoms with Gasteiger partial charge in [0.15, 0.2) is 5.82 Å². The number of amides is 1. The zero-order chi connectivity index (χ0) is 32.7. The van der Waals surface area contributed by atoms with Crippen molar-refractivity contribution in [2.75, 3.05) is 87.2 Å². The van der Waals surface area contributed by atoms with Gasteiger partial charge in [0, 0.05) is 56.7 Å². The van der Waals surface area contributed by atoms with Gasteiger partial charge < -0.3 is 40.6 Å². The fraction of sp³-hybridized carbons (Fsp3) is 0.406. The van der Waals surface area contributed by atoms with E-state index in [0.29, 0.717) is 40.0 Å². The molecule has 0 radical (unpaired) electrons. The number of aliphatic hydroxyl groups is 1. The van der Waals surface area contributed by atoms with Gasteiger partial charge in [-0.3, -0.25) is 9.69 Å². The van der Waals surface area contributed by atoms with Crippen LogP contribution in [0, 0.1) is 11.8 Å². The number of ether oxygens (including phenoxy) is 1. The Morgan fingerprint density at radius 2 is 1.85 bits per heavy atom. The lowest BCUT2D eigenvalue weighted by atomic mass is 10.0. The Hall–Kier alpha value is -3.85. The quantitative estimate of drug-likeness (QED) is 0.169. The SMILES string of the molecule is COc1cc(N2CCC(N3CCNCC3)CC2)c(NC(=O)C#CCO)cc1Nc1ncc(Cl)c(Nc2ccccc2P(C)(C)=O)n1. The lowest BCUT2D eigenvalue weighted by Gasteiger charge is -2.41. The summed E-state index contributed by atoms with van der Waals surface area (Å²) < 4.78 is 18.7. The molecule has 0 saturated carbocycles. The first-order valence-electron chi connectivity index (χ1n) is 15.2. The van der Waals surface area contributed by atoms with Gasteiger partial charge >= 0.3 is 0 Å². The van der Waals surface area contributed by atoms with Crippen LogP contribution in [-0.4, -0.2) is 98.2 Å². The number of piperidine rings is 1. The maximum atomic E-state index is 12.9. The Kier molecular flexibility index (Phi) is 11.0. The predicted molar refractivity (Wildman–Crippen MR) is 185 cm³/mol. The van der Waals surface area contributed by atoms with Crippen molar-refractivity contribution in [2.45, 2.75) is 18.9 Å². The van der Waals surface area contributed by atoms with Crippen LogP contribution in [0.1, 0.15) is 12.8 Å². The van der Waals surface area contributed by atoms with Crippen LogP contribution < -0.4 is 36.2 Å². The van der Waals surface area contributed by atoms with E-state index >= 15 is 0 Å². The number of para-hydroxylation sites is 1. The molecule has 2 aliphatic heterocycles. The molecule has 1 aromatic heterocycles. The van der Waals surface area contributed by atoms with E-state index in [4.69, 9.17) is 21.4 Å². The molecule has 2 aliphatic rings. The topological polar surface area (TPSA) is 144 Å². The van der Waals surface area contributed by atoms with Crippen LogP contribution in [0.5, 0.6) is 5.75 Å². The first-order valence-corrected chi connectivity index (χ1v) is 18.2. The molecule has 5 rings (SSSR count). The Labute approximate surface area is 274 Å². The van der Waals surface area contributed by atoms with Crippen LogP contribution in [0.3, 0.4) is 0 Å². The number of anilines is 6. The second-order valence-corrected chi connectivity index (χ2v) is 15.1. The summed E-state index contributed by atoms with van der Waals surface area (Å²) in [7, 11) is -1.01. The standard InChI is InChI=1S/C32H40ClN8O4P/c1-45-28-20-27(41-14-10-22(11-15-41)40-16-12-34-13-17-40)25(36-30(43)9-6-18-42)19-26(28)38-32-35-21-23(33)31(39-32)37-24-7-4-5-8-29(24)46(2,3)44/h4-5,7-8,19-22,34,42H,10-18H2,1-3H3,(H,36,43)(H2,35,37,38,39). The van der Waals surface area contributed by atoms with Crippen molar-refractivity contribution in [3.05, 3.63) is 47.6 Å². The van der Waals surface area contributed by atoms with E-state index < -0.39 is 19.7 Å². The summed E-state index contributed by atoms with van der Waals surface area (Å²) in [6.45, 7) is 8.76. The molecule has 0 bridgehead atoms. The Morgan fingerprint density at radius 3 is 2.54 bits per heavy atom. The number of carbonyl (C=O) groups excluding carboxylic acids is 1. The highest BCUT2D eigenvalue weighted by Gasteiger charge is 2.28. The van der Waals surface area contributed by atoms with Crippen molar-refractivity contribution in [3.63, 3.8) is 0 Å². The average molecular weight is 667 g/mol. The van der Waals surface area contributed by atoms with Crippen molar-refractivity contribution in [2.24, 2.45) is 0 Å². The van der Waals surface area contributed by atoms with Crippen LogP contribution in [0.15, 0.2) is 42.6 Å². The minimum absolute atomic E-state index is 0.223. The van der Waals surface area contributed by atoms with Gasteiger partial charge in [-0.05, 0) is 50.3 Å². The molecule has 0 spiro atoms. The molecule has 2 fully saturated rings. The summed E-state index contributed by atoms with van der Waals surface area (Å²) >= 11 is 6.47. The fourth-order valence-electron chi connectivity index (χ4n) is 5.80. The number of piperazine rings is 1. The Morgan fingerprint density at radius 1 is 1.11 bits per heavy atom. The van der Waals surface area contributed by atoms with Gasteiger partial charge in [-0.25, -0.2) is 4.98 Å². The highest BCUT2D eigenvalue weighted by atomic mass is 35.5. The molecule has 5 N–H and O–H groups in total. The molecule has 3 heterocycles. The number of nitrogens with one attached hydrogen (secondary N) is 4. The van der Waals surface area contributed by atoms with E-state index in [1.807, 2.05) is 30.3 Å². The van der Waals surface area contributed by atoms with E-state index in [0.717, 1.165) is 57.8 Å².